The van der Waals surface area contributed by atoms with E-state index in [9.17, 15) is 9.59 Å². The SMILES string of the molecule is Cc1ccn(C(C)CN(C)C)c(=O)c1C(=O)N(C)Cc1cc(-c2ccncc2)no1.O=CO. The smallest absolute Gasteiger partial charge is 0.290 e. The molecule has 0 aliphatic rings. The summed E-state index contributed by atoms with van der Waals surface area (Å²) in [5.74, 6) is 0.193. The predicted octanol–water partition coefficient (Wildman–Crippen LogP) is 2.30. The number of aromatic nitrogens is 3. The maximum Gasteiger partial charge on any atom is 0.290 e. The van der Waals surface area contributed by atoms with E-state index >= 15 is 0 Å². The third-order valence-corrected chi connectivity index (χ3v) is 4.92. The van der Waals surface area contributed by atoms with Crippen molar-refractivity contribution in [1.29, 1.82) is 0 Å². The molecule has 176 valence electrons. The number of likely N-dealkylation sites (N-methyl/N-ethyl adjacent to an activating group) is 1. The fourth-order valence-corrected chi connectivity index (χ4v) is 3.41. The molecule has 1 N–H and O–H groups in total. The second kappa shape index (κ2) is 11.7. The molecule has 0 saturated carbocycles. The first-order valence-electron chi connectivity index (χ1n) is 10.2. The van der Waals surface area contributed by atoms with Crippen molar-refractivity contribution in [3.05, 3.63) is 70.1 Å². The van der Waals surface area contributed by atoms with Crippen molar-refractivity contribution in [2.75, 3.05) is 27.7 Å². The average Bonchev–Trinajstić information content (AvgIpc) is 3.22. The predicted molar refractivity (Wildman–Crippen MR) is 123 cm³/mol. The van der Waals surface area contributed by atoms with E-state index in [1.54, 1.807) is 43.2 Å². The van der Waals surface area contributed by atoms with Gasteiger partial charge in [0.15, 0.2) is 5.76 Å². The van der Waals surface area contributed by atoms with Gasteiger partial charge in [0.25, 0.3) is 17.9 Å². The van der Waals surface area contributed by atoms with Crippen LogP contribution in [0.1, 0.15) is 34.6 Å². The van der Waals surface area contributed by atoms with Crippen LogP contribution in [-0.2, 0) is 11.3 Å². The molecule has 0 saturated heterocycles. The van der Waals surface area contributed by atoms with Gasteiger partial charge in [0, 0.05) is 49.9 Å². The summed E-state index contributed by atoms with van der Waals surface area (Å²) in [5, 5.41) is 10.9. The molecule has 3 heterocycles. The Kier molecular flexibility index (Phi) is 9.05. The molecule has 0 aromatic carbocycles. The monoisotopic (exact) mass is 455 g/mol. The van der Waals surface area contributed by atoms with Crippen molar-refractivity contribution in [1.82, 2.24) is 24.5 Å². The zero-order valence-electron chi connectivity index (χ0n) is 19.4. The largest absolute Gasteiger partial charge is 0.483 e. The van der Waals surface area contributed by atoms with Gasteiger partial charge in [0.2, 0.25) is 0 Å². The molecule has 10 nitrogen and oxygen atoms in total. The first kappa shape index (κ1) is 25.5. The van der Waals surface area contributed by atoms with Crippen LogP contribution in [-0.4, -0.2) is 69.7 Å². The topological polar surface area (TPSA) is 122 Å². The summed E-state index contributed by atoms with van der Waals surface area (Å²) in [6.07, 6.45) is 5.11. The van der Waals surface area contributed by atoms with Gasteiger partial charge >= 0.3 is 0 Å². The van der Waals surface area contributed by atoms with E-state index in [0.717, 1.165) is 5.56 Å². The van der Waals surface area contributed by atoms with Crippen LogP contribution in [0.2, 0.25) is 0 Å². The average molecular weight is 456 g/mol. The van der Waals surface area contributed by atoms with Crippen LogP contribution < -0.4 is 5.56 Å². The molecule has 0 bridgehead atoms. The Morgan fingerprint density at radius 1 is 1.24 bits per heavy atom. The first-order chi connectivity index (χ1) is 15.7. The highest BCUT2D eigenvalue weighted by atomic mass is 16.5. The minimum atomic E-state index is -0.342. The number of carbonyl (C=O) groups is 2. The Hall–Kier alpha value is -3.79. The lowest BCUT2D eigenvalue weighted by Crippen LogP contribution is -2.37. The summed E-state index contributed by atoms with van der Waals surface area (Å²) in [7, 11) is 5.55. The molecule has 0 radical (unpaired) electrons. The van der Waals surface area contributed by atoms with Gasteiger partial charge in [-0.15, -0.1) is 0 Å². The lowest BCUT2D eigenvalue weighted by molar-refractivity contribution is -0.122. The van der Waals surface area contributed by atoms with Crippen molar-refractivity contribution in [3.63, 3.8) is 0 Å². The van der Waals surface area contributed by atoms with Crippen molar-refractivity contribution in [2.45, 2.75) is 26.4 Å². The number of carboxylic acid groups (broad SMARTS) is 1. The Labute approximate surface area is 192 Å². The van der Waals surface area contributed by atoms with E-state index in [-0.39, 0.29) is 36.1 Å². The standard InChI is InChI=1S/C22H27N5O3.CH2O2/c1-15-8-11-27(16(2)13-25(3)4)22(29)20(15)21(28)26(5)14-18-12-19(24-30-18)17-6-9-23-10-7-17;2-1-3/h6-12,16H,13-14H2,1-5H3;1H,(H,2,3). The number of amides is 1. The molecule has 0 aliphatic heterocycles. The van der Waals surface area contributed by atoms with Crippen LogP contribution in [0.3, 0.4) is 0 Å². The van der Waals surface area contributed by atoms with Gasteiger partial charge in [-0.05, 0) is 51.7 Å². The number of carbonyl (C=O) groups excluding carboxylic acids is 1. The molecule has 0 fully saturated rings. The Bertz CT molecular complexity index is 1120. The summed E-state index contributed by atoms with van der Waals surface area (Å²) in [6.45, 7) is 4.39. The van der Waals surface area contributed by atoms with Crippen molar-refractivity contribution in [3.8, 4) is 11.3 Å². The number of aryl methyl sites for hydroxylation is 1. The highest BCUT2D eigenvalue weighted by molar-refractivity contribution is 5.95. The molecular weight excluding hydrogens is 426 g/mol. The minimum absolute atomic E-state index is 0.0536. The second-order valence-corrected chi connectivity index (χ2v) is 7.88. The highest BCUT2D eigenvalue weighted by Gasteiger charge is 2.22. The number of pyridine rings is 2. The maximum absolute atomic E-state index is 13.1. The molecule has 33 heavy (non-hydrogen) atoms. The van der Waals surface area contributed by atoms with E-state index in [1.807, 2.05) is 44.1 Å². The van der Waals surface area contributed by atoms with E-state index < -0.39 is 0 Å². The summed E-state index contributed by atoms with van der Waals surface area (Å²) >= 11 is 0. The molecule has 1 atom stereocenters. The van der Waals surface area contributed by atoms with Crippen LogP contribution >= 0.6 is 0 Å². The molecule has 1 unspecified atom stereocenters. The van der Waals surface area contributed by atoms with Gasteiger partial charge in [-0.3, -0.25) is 19.4 Å². The van der Waals surface area contributed by atoms with Crippen molar-refractivity contribution in [2.24, 2.45) is 0 Å². The lowest BCUT2D eigenvalue weighted by Gasteiger charge is -2.22. The van der Waals surface area contributed by atoms with Crippen LogP contribution in [0.5, 0.6) is 0 Å². The van der Waals surface area contributed by atoms with E-state index in [0.29, 0.717) is 23.6 Å². The Balaban J connectivity index is 0.00000122. The molecule has 3 aromatic heterocycles. The summed E-state index contributed by atoms with van der Waals surface area (Å²) in [6, 6.07) is 7.21. The van der Waals surface area contributed by atoms with Crippen LogP contribution in [0, 0.1) is 6.92 Å². The molecule has 0 spiro atoms. The minimum Gasteiger partial charge on any atom is -0.483 e. The van der Waals surface area contributed by atoms with Crippen molar-refractivity contribution >= 4 is 12.4 Å². The third-order valence-electron chi connectivity index (χ3n) is 4.92. The second-order valence-electron chi connectivity index (χ2n) is 7.88. The zero-order valence-corrected chi connectivity index (χ0v) is 19.4. The highest BCUT2D eigenvalue weighted by Crippen LogP contribution is 2.19. The number of nitrogens with zero attached hydrogens (tertiary/aromatic N) is 5. The fourth-order valence-electron chi connectivity index (χ4n) is 3.41. The van der Waals surface area contributed by atoms with Crippen LogP contribution in [0.15, 0.2) is 52.2 Å². The van der Waals surface area contributed by atoms with Crippen LogP contribution in [0.25, 0.3) is 11.3 Å². The third kappa shape index (κ3) is 6.59. The van der Waals surface area contributed by atoms with Gasteiger partial charge < -0.3 is 24.0 Å². The fraction of sp³-hybridized carbons (Fsp3) is 0.348. The lowest BCUT2D eigenvalue weighted by atomic mass is 10.1. The number of hydrogen-bond acceptors (Lipinski definition) is 7. The maximum atomic E-state index is 13.1. The van der Waals surface area contributed by atoms with E-state index in [2.05, 4.69) is 10.1 Å². The van der Waals surface area contributed by atoms with Gasteiger partial charge in [0.1, 0.15) is 11.3 Å². The molecular formula is C23H29N5O5. The normalized spacial score (nSPS) is 11.5. The van der Waals surface area contributed by atoms with Crippen molar-refractivity contribution < 1.29 is 19.2 Å². The van der Waals surface area contributed by atoms with Gasteiger partial charge in [0.05, 0.1) is 6.54 Å². The summed E-state index contributed by atoms with van der Waals surface area (Å²) in [5.41, 5.74) is 2.10. The quantitative estimate of drug-likeness (QED) is 0.539. The summed E-state index contributed by atoms with van der Waals surface area (Å²) in [4.78, 5) is 42.0. The number of rotatable bonds is 7. The molecule has 3 aromatic rings. The summed E-state index contributed by atoms with van der Waals surface area (Å²) < 4.78 is 7.00. The van der Waals surface area contributed by atoms with Gasteiger partial charge in [-0.2, -0.15) is 0 Å². The molecule has 10 heteroatoms. The van der Waals surface area contributed by atoms with E-state index in [1.165, 1.54) is 4.90 Å². The van der Waals surface area contributed by atoms with Gasteiger partial charge in [-0.1, -0.05) is 5.16 Å². The van der Waals surface area contributed by atoms with Gasteiger partial charge in [-0.25, -0.2) is 0 Å². The number of hydrogen-bond donors (Lipinski definition) is 1. The zero-order chi connectivity index (χ0) is 24.5. The first-order valence-corrected chi connectivity index (χ1v) is 10.2. The molecule has 1 amide bonds. The molecule has 0 aliphatic carbocycles. The molecule has 3 rings (SSSR count). The van der Waals surface area contributed by atoms with E-state index in [4.69, 9.17) is 14.4 Å². The Morgan fingerprint density at radius 3 is 2.48 bits per heavy atom. The van der Waals surface area contributed by atoms with Crippen LogP contribution in [0.4, 0.5) is 0 Å². The Morgan fingerprint density at radius 2 is 1.88 bits per heavy atom.